The molecule has 1 aromatic carbocycles. The van der Waals surface area contributed by atoms with Crippen molar-refractivity contribution in [2.75, 3.05) is 0 Å². The van der Waals surface area contributed by atoms with E-state index in [0.29, 0.717) is 5.56 Å². The number of nitrogens with zero attached hydrogens (tertiary/aromatic N) is 2. The number of carbonyl (C=O) groups is 1. The van der Waals surface area contributed by atoms with Gasteiger partial charge < -0.3 is 14.8 Å². The average Bonchev–Trinajstić information content (AvgIpc) is 3.04. The molecule has 0 spiro atoms. The molecule has 0 aliphatic carbocycles. The van der Waals surface area contributed by atoms with E-state index in [-0.39, 0.29) is 11.5 Å². The summed E-state index contributed by atoms with van der Waals surface area (Å²) < 4.78 is 28.0. The number of aliphatic hydroxyl groups is 1. The van der Waals surface area contributed by atoms with E-state index in [0.717, 1.165) is 17.6 Å². The minimum atomic E-state index is -1.16. The molecule has 2 N–H and O–H groups in total. The predicted molar refractivity (Wildman–Crippen MR) is 83.4 cm³/mol. The number of hydrogen-bond donors (Lipinski definition) is 2. The molecule has 0 saturated carbocycles. The minimum absolute atomic E-state index is 0.188. The van der Waals surface area contributed by atoms with Crippen LogP contribution in [0.5, 0.6) is 0 Å². The zero-order chi connectivity index (χ0) is 17.3. The Bertz CT molecular complexity index is 894. The fourth-order valence-corrected chi connectivity index (χ4v) is 2.41. The van der Waals surface area contributed by atoms with E-state index in [1.54, 1.807) is 42.2 Å². The summed E-state index contributed by atoms with van der Waals surface area (Å²) in [5.74, 6) is -2.42. The van der Waals surface area contributed by atoms with E-state index in [1.165, 1.54) is 6.07 Å². The Morgan fingerprint density at radius 2 is 2.04 bits per heavy atom. The third-order valence-corrected chi connectivity index (χ3v) is 3.79. The lowest BCUT2D eigenvalue weighted by Gasteiger charge is -2.21. The standard InChI is InChI=1S/C17H15F2N3O2/c1-10(16(23)11-2-3-14(18)15(19)7-11)21-17(24)12-4-5-22-9-20-8-13(22)6-12/h2-10,16,23H,1H3,(H,21,24). The smallest absolute Gasteiger partial charge is 0.251 e. The van der Waals surface area contributed by atoms with Crippen molar-refractivity contribution >= 4 is 11.4 Å². The largest absolute Gasteiger partial charge is 0.386 e. The molecule has 0 radical (unpaired) electrons. The van der Waals surface area contributed by atoms with E-state index < -0.39 is 23.8 Å². The molecule has 0 saturated heterocycles. The zero-order valence-corrected chi connectivity index (χ0v) is 12.8. The SMILES string of the molecule is CC(NC(=O)c1ccn2cncc2c1)C(O)c1ccc(F)c(F)c1. The fraction of sp³-hybridized carbons (Fsp3) is 0.176. The van der Waals surface area contributed by atoms with Crippen LogP contribution in [0.2, 0.25) is 0 Å². The molecule has 124 valence electrons. The van der Waals surface area contributed by atoms with Gasteiger partial charge in [-0.2, -0.15) is 0 Å². The first-order valence-corrected chi connectivity index (χ1v) is 7.31. The Morgan fingerprint density at radius 1 is 1.25 bits per heavy atom. The first-order chi connectivity index (χ1) is 11.5. The van der Waals surface area contributed by atoms with Crippen LogP contribution < -0.4 is 5.32 Å². The summed E-state index contributed by atoms with van der Waals surface area (Å²) in [4.78, 5) is 16.3. The van der Waals surface area contributed by atoms with Gasteiger partial charge in [0.25, 0.3) is 5.91 Å². The summed E-state index contributed by atoms with van der Waals surface area (Å²) >= 11 is 0. The molecule has 7 heteroatoms. The molecule has 5 nitrogen and oxygen atoms in total. The third kappa shape index (κ3) is 3.11. The first-order valence-electron chi connectivity index (χ1n) is 7.31. The van der Waals surface area contributed by atoms with Gasteiger partial charge in [-0.25, -0.2) is 13.8 Å². The van der Waals surface area contributed by atoms with Gasteiger partial charge in [0, 0.05) is 11.8 Å². The van der Waals surface area contributed by atoms with Crippen LogP contribution in [-0.4, -0.2) is 26.4 Å². The first kappa shape index (κ1) is 16.1. The fourth-order valence-electron chi connectivity index (χ4n) is 2.41. The third-order valence-electron chi connectivity index (χ3n) is 3.79. The number of rotatable bonds is 4. The number of halogens is 2. The van der Waals surface area contributed by atoms with E-state index in [9.17, 15) is 18.7 Å². The Kier molecular flexibility index (Phi) is 4.26. The average molecular weight is 331 g/mol. The number of aromatic nitrogens is 2. The van der Waals surface area contributed by atoms with Crippen LogP contribution in [0.4, 0.5) is 8.78 Å². The summed E-state index contributed by atoms with van der Waals surface area (Å²) in [5, 5.41) is 12.9. The van der Waals surface area contributed by atoms with Gasteiger partial charge in [-0.05, 0) is 36.8 Å². The van der Waals surface area contributed by atoms with Crippen LogP contribution in [0.25, 0.3) is 5.52 Å². The second-order valence-electron chi connectivity index (χ2n) is 5.52. The van der Waals surface area contributed by atoms with Crippen LogP contribution in [0.15, 0.2) is 49.1 Å². The van der Waals surface area contributed by atoms with Crippen molar-refractivity contribution < 1.29 is 18.7 Å². The van der Waals surface area contributed by atoms with Gasteiger partial charge in [-0.1, -0.05) is 6.07 Å². The maximum Gasteiger partial charge on any atom is 0.251 e. The molecule has 0 aliphatic heterocycles. The van der Waals surface area contributed by atoms with E-state index in [2.05, 4.69) is 10.3 Å². The second kappa shape index (κ2) is 6.37. The normalized spacial score (nSPS) is 13.7. The zero-order valence-electron chi connectivity index (χ0n) is 12.8. The van der Waals surface area contributed by atoms with Crippen molar-refractivity contribution in [1.82, 2.24) is 14.7 Å². The van der Waals surface area contributed by atoms with Gasteiger partial charge in [0.2, 0.25) is 0 Å². The number of aliphatic hydroxyl groups excluding tert-OH is 1. The van der Waals surface area contributed by atoms with Gasteiger partial charge in [0.1, 0.15) is 0 Å². The summed E-state index contributed by atoms with van der Waals surface area (Å²) in [7, 11) is 0. The molecule has 3 rings (SSSR count). The molecule has 0 fully saturated rings. The maximum absolute atomic E-state index is 13.3. The number of hydrogen-bond acceptors (Lipinski definition) is 3. The Morgan fingerprint density at radius 3 is 2.79 bits per heavy atom. The Labute approximate surface area is 136 Å². The van der Waals surface area contributed by atoms with Crippen LogP contribution in [0.3, 0.4) is 0 Å². The van der Waals surface area contributed by atoms with Crippen molar-refractivity contribution in [2.45, 2.75) is 19.1 Å². The molecule has 0 aliphatic rings. The van der Waals surface area contributed by atoms with E-state index in [4.69, 9.17) is 0 Å². The molecule has 2 heterocycles. The van der Waals surface area contributed by atoms with Crippen LogP contribution in [0.1, 0.15) is 28.9 Å². The molecular formula is C17H15F2N3O2. The van der Waals surface area contributed by atoms with Crippen LogP contribution >= 0.6 is 0 Å². The quantitative estimate of drug-likeness (QED) is 0.772. The number of fused-ring (bicyclic) bond motifs is 1. The molecule has 0 bridgehead atoms. The van der Waals surface area contributed by atoms with Gasteiger partial charge in [0.05, 0.1) is 30.2 Å². The second-order valence-corrected chi connectivity index (χ2v) is 5.52. The van der Waals surface area contributed by atoms with E-state index in [1.807, 2.05) is 0 Å². The summed E-state index contributed by atoms with van der Waals surface area (Å²) in [5.41, 5.74) is 1.36. The van der Waals surface area contributed by atoms with Crippen molar-refractivity contribution in [3.05, 3.63) is 71.8 Å². The monoisotopic (exact) mass is 331 g/mol. The van der Waals surface area contributed by atoms with Gasteiger partial charge >= 0.3 is 0 Å². The number of imidazole rings is 1. The highest BCUT2D eigenvalue weighted by atomic mass is 19.2. The van der Waals surface area contributed by atoms with Crippen molar-refractivity contribution in [3.63, 3.8) is 0 Å². The number of pyridine rings is 1. The summed E-state index contributed by atoms with van der Waals surface area (Å²) in [6.07, 6.45) is 3.78. The molecule has 2 atom stereocenters. The van der Waals surface area contributed by atoms with Gasteiger partial charge in [-0.3, -0.25) is 4.79 Å². The number of benzene rings is 1. The van der Waals surface area contributed by atoms with Crippen molar-refractivity contribution in [3.8, 4) is 0 Å². The summed E-state index contributed by atoms with van der Waals surface area (Å²) in [6, 6.07) is 5.74. The van der Waals surface area contributed by atoms with Crippen LogP contribution in [-0.2, 0) is 0 Å². The van der Waals surface area contributed by atoms with Gasteiger partial charge in [0.15, 0.2) is 11.6 Å². The topological polar surface area (TPSA) is 66.6 Å². The Balaban J connectivity index is 1.73. The lowest BCUT2D eigenvalue weighted by molar-refractivity contribution is 0.0851. The van der Waals surface area contributed by atoms with E-state index >= 15 is 0 Å². The summed E-state index contributed by atoms with van der Waals surface area (Å²) in [6.45, 7) is 1.58. The van der Waals surface area contributed by atoms with Crippen molar-refractivity contribution in [1.29, 1.82) is 0 Å². The molecular weight excluding hydrogens is 316 g/mol. The number of nitrogens with one attached hydrogen (secondary N) is 1. The lowest BCUT2D eigenvalue weighted by Crippen LogP contribution is -2.37. The van der Waals surface area contributed by atoms with Gasteiger partial charge in [-0.15, -0.1) is 0 Å². The van der Waals surface area contributed by atoms with Crippen molar-refractivity contribution in [2.24, 2.45) is 0 Å². The minimum Gasteiger partial charge on any atom is -0.386 e. The number of carbonyl (C=O) groups excluding carboxylic acids is 1. The lowest BCUT2D eigenvalue weighted by atomic mass is 10.0. The Hall–Kier alpha value is -2.80. The predicted octanol–water partition coefficient (Wildman–Crippen LogP) is 2.46. The maximum atomic E-state index is 13.3. The number of amides is 1. The molecule has 3 aromatic rings. The van der Waals surface area contributed by atoms with Crippen LogP contribution in [0, 0.1) is 11.6 Å². The highest BCUT2D eigenvalue weighted by Crippen LogP contribution is 2.19. The highest BCUT2D eigenvalue weighted by Gasteiger charge is 2.20. The molecule has 1 amide bonds. The highest BCUT2D eigenvalue weighted by molar-refractivity contribution is 5.95. The molecule has 2 aromatic heterocycles. The molecule has 24 heavy (non-hydrogen) atoms. The molecule has 2 unspecified atom stereocenters.